The summed E-state index contributed by atoms with van der Waals surface area (Å²) in [6, 6.07) is 5.58. The number of rotatable bonds is 5. The average Bonchev–Trinajstić information content (AvgIpc) is 3.03. The number of nitriles is 1. The molecule has 110 valence electrons. The van der Waals surface area contributed by atoms with Gasteiger partial charge in [0.2, 0.25) is 0 Å². The Morgan fingerprint density at radius 1 is 1.62 bits per heavy atom. The number of anilines is 1. The van der Waals surface area contributed by atoms with E-state index in [1.54, 1.807) is 32.4 Å². The Labute approximate surface area is 122 Å². The molecule has 0 saturated carbocycles. The second kappa shape index (κ2) is 6.13. The highest BCUT2D eigenvalue weighted by molar-refractivity contribution is 5.97. The molecular formula is C14H17N5O2. The lowest BCUT2D eigenvalue weighted by Gasteiger charge is -2.20. The fraction of sp³-hybridized carbons (Fsp3) is 0.357. The maximum absolute atomic E-state index is 12.7. The van der Waals surface area contributed by atoms with Crippen LogP contribution in [0.1, 0.15) is 28.4 Å². The van der Waals surface area contributed by atoms with Crippen LogP contribution >= 0.6 is 0 Å². The largest absolute Gasteiger partial charge is 0.467 e. The van der Waals surface area contributed by atoms with Crippen LogP contribution in [0.3, 0.4) is 0 Å². The second-order valence-electron chi connectivity index (χ2n) is 4.69. The molecule has 2 rings (SSSR count). The Bertz CT molecular complexity index is 666. The molecule has 2 aromatic heterocycles. The summed E-state index contributed by atoms with van der Waals surface area (Å²) in [5.41, 5.74) is 7.23. The quantitative estimate of drug-likeness (QED) is 0.897. The first-order chi connectivity index (χ1) is 10.0. The van der Waals surface area contributed by atoms with E-state index in [-0.39, 0.29) is 18.9 Å². The van der Waals surface area contributed by atoms with Gasteiger partial charge in [-0.15, -0.1) is 0 Å². The first-order valence-corrected chi connectivity index (χ1v) is 6.52. The van der Waals surface area contributed by atoms with Gasteiger partial charge >= 0.3 is 0 Å². The highest BCUT2D eigenvalue weighted by atomic mass is 16.3. The van der Waals surface area contributed by atoms with E-state index in [1.807, 2.05) is 6.07 Å². The molecule has 2 N–H and O–H groups in total. The van der Waals surface area contributed by atoms with Crippen LogP contribution in [0.15, 0.2) is 22.8 Å². The van der Waals surface area contributed by atoms with Crippen LogP contribution in [0.25, 0.3) is 0 Å². The number of carbonyl (C=O) groups excluding carboxylic acids is 1. The van der Waals surface area contributed by atoms with Crippen molar-refractivity contribution in [1.82, 2.24) is 14.7 Å². The lowest BCUT2D eigenvalue weighted by Crippen LogP contribution is -2.33. The van der Waals surface area contributed by atoms with Crippen LogP contribution in [0, 0.1) is 18.3 Å². The van der Waals surface area contributed by atoms with E-state index >= 15 is 0 Å². The molecule has 0 radical (unpaired) electrons. The summed E-state index contributed by atoms with van der Waals surface area (Å²) < 4.78 is 6.73. The standard InChI is InChI=1S/C14H17N5O2/c1-10-12(16)13(18(2)17-10)14(20)19(7-4-6-15)9-11-5-3-8-21-11/h3,5,8H,4,7,9,16H2,1-2H3. The normalized spacial score (nSPS) is 10.3. The van der Waals surface area contributed by atoms with Gasteiger partial charge < -0.3 is 15.1 Å². The van der Waals surface area contributed by atoms with Gasteiger partial charge in [-0.2, -0.15) is 10.4 Å². The van der Waals surface area contributed by atoms with Gasteiger partial charge in [-0.05, 0) is 19.1 Å². The number of aryl methyl sites for hydroxylation is 2. The highest BCUT2D eigenvalue weighted by Gasteiger charge is 2.24. The summed E-state index contributed by atoms with van der Waals surface area (Å²) in [6.45, 7) is 2.34. The van der Waals surface area contributed by atoms with Gasteiger partial charge in [-0.3, -0.25) is 9.48 Å². The summed E-state index contributed by atoms with van der Waals surface area (Å²) in [5, 5.41) is 12.9. The summed E-state index contributed by atoms with van der Waals surface area (Å²) in [5.74, 6) is 0.390. The van der Waals surface area contributed by atoms with Crippen molar-refractivity contribution in [3.8, 4) is 6.07 Å². The maximum Gasteiger partial charge on any atom is 0.274 e. The van der Waals surface area contributed by atoms with E-state index in [4.69, 9.17) is 15.4 Å². The molecule has 0 saturated heterocycles. The van der Waals surface area contributed by atoms with Gasteiger partial charge in [0.05, 0.1) is 36.7 Å². The molecule has 1 amide bonds. The Kier molecular flexibility index (Phi) is 4.28. The van der Waals surface area contributed by atoms with Crippen LogP contribution < -0.4 is 5.73 Å². The average molecular weight is 287 g/mol. The number of nitrogen functional groups attached to an aromatic ring is 1. The summed E-state index contributed by atoms with van der Waals surface area (Å²) in [7, 11) is 1.67. The number of nitrogens with two attached hydrogens (primary N) is 1. The fourth-order valence-corrected chi connectivity index (χ4v) is 2.11. The Morgan fingerprint density at radius 2 is 2.38 bits per heavy atom. The lowest BCUT2D eigenvalue weighted by molar-refractivity contribution is 0.0725. The van der Waals surface area contributed by atoms with Crippen molar-refractivity contribution in [3.05, 3.63) is 35.5 Å². The number of hydrogen-bond acceptors (Lipinski definition) is 5. The zero-order valence-electron chi connectivity index (χ0n) is 12.0. The summed E-state index contributed by atoms with van der Waals surface area (Å²) in [6.07, 6.45) is 1.79. The highest BCUT2D eigenvalue weighted by Crippen LogP contribution is 2.19. The van der Waals surface area contributed by atoms with Crippen molar-refractivity contribution in [3.63, 3.8) is 0 Å². The third-order valence-electron chi connectivity index (χ3n) is 3.18. The molecule has 0 aliphatic carbocycles. The number of furan rings is 1. The molecule has 0 aliphatic rings. The van der Waals surface area contributed by atoms with Crippen LogP contribution in [-0.2, 0) is 13.6 Å². The van der Waals surface area contributed by atoms with E-state index in [2.05, 4.69) is 5.10 Å². The third-order valence-corrected chi connectivity index (χ3v) is 3.18. The van der Waals surface area contributed by atoms with E-state index in [9.17, 15) is 4.79 Å². The van der Waals surface area contributed by atoms with Crippen molar-refractivity contribution in [2.75, 3.05) is 12.3 Å². The van der Waals surface area contributed by atoms with Crippen molar-refractivity contribution < 1.29 is 9.21 Å². The van der Waals surface area contributed by atoms with Crippen LogP contribution in [0.4, 0.5) is 5.69 Å². The SMILES string of the molecule is Cc1nn(C)c(C(=O)N(CCC#N)Cc2ccco2)c1N. The second-order valence-corrected chi connectivity index (χ2v) is 4.69. The van der Waals surface area contributed by atoms with Crippen molar-refractivity contribution in [2.24, 2.45) is 7.05 Å². The number of nitrogens with zero attached hydrogens (tertiary/aromatic N) is 4. The van der Waals surface area contributed by atoms with Gasteiger partial charge in [0.15, 0.2) is 0 Å². The fourth-order valence-electron chi connectivity index (χ4n) is 2.11. The Balaban J connectivity index is 2.27. The number of amides is 1. The molecular weight excluding hydrogens is 270 g/mol. The van der Waals surface area contributed by atoms with Gasteiger partial charge in [-0.1, -0.05) is 0 Å². The first-order valence-electron chi connectivity index (χ1n) is 6.52. The van der Waals surface area contributed by atoms with Crippen LogP contribution in [0.2, 0.25) is 0 Å². The molecule has 0 bridgehead atoms. The molecule has 0 fully saturated rings. The lowest BCUT2D eigenvalue weighted by atomic mass is 10.2. The Morgan fingerprint density at radius 3 is 2.90 bits per heavy atom. The van der Waals surface area contributed by atoms with Crippen molar-refractivity contribution >= 4 is 11.6 Å². The molecule has 21 heavy (non-hydrogen) atoms. The van der Waals surface area contributed by atoms with E-state index in [0.717, 1.165) is 0 Å². The molecule has 0 atom stereocenters. The molecule has 7 heteroatoms. The van der Waals surface area contributed by atoms with Crippen LogP contribution in [-0.4, -0.2) is 27.1 Å². The number of hydrogen-bond donors (Lipinski definition) is 1. The zero-order chi connectivity index (χ0) is 15.4. The molecule has 2 aromatic rings. The van der Waals surface area contributed by atoms with Gasteiger partial charge in [-0.25, -0.2) is 0 Å². The smallest absolute Gasteiger partial charge is 0.274 e. The maximum atomic E-state index is 12.7. The minimum atomic E-state index is -0.262. The minimum Gasteiger partial charge on any atom is -0.467 e. The predicted octanol–water partition coefficient (Wildman–Crippen LogP) is 1.46. The molecule has 0 unspecified atom stereocenters. The summed E-state index contributed by atoms with van der Waals surface area (Å²) >= 11 is 0. The molecule has 7 nitrogen and oxygen atoms in total. The number of aromatic nitrogens is 2. The first kappa shape index (κ1) is 14.7. The van der Waals surface area contributed by atoms with E-state index in [1.165, 1.54) is 9.58 Å². The van der Waals surface area contributed by atoms with Gasteiger partial charge in [0, 0.05) is 13.6 Å². The minimum absolute atomic E-state index is 0.239. The molecule has 0 aliphatic heterocycles. The van der Waals surface area contributed by atoms with E-state index < -0.39 is 0 Å². The van der Waals surface area contributed by atoms with Crippen molar-refractivity contribution in [1.29, 1.82) is 5.26 Å². The monoisotopic (exact) mass is 287 g/mol. The van der Waals surface area contributed by atoms with E-state index in [0.29, 0.717) is 29.4 Å². The molecule has 0 spiro atoms. The third kappa shape index (κ3) is 3.05. The molecule has 2 heterocycles. The topological polar surface area (TPSA) is 101 Å². The van der Waals surface area contributed by atoms with Gasteiger partial charge in [0.1, 0.15) is 11.5 Å². The Hall–Kier alpha value is -2.75. The van der Waals surface area contributed by atoms with Crippen LogP contribution in [0.5, 0.6) is 0 Å². The predicted molar refractivity (Wildman–Crippen MR) is 76.0 cm³/mol. The van der Waals surface area contributed by atoms with Crippen molar-refractivity contribution in [2.45, 2.75) is 19.9 Å². The van der Waals surface area contributed by atoms with Gasteiger partial charge in [0.25, 0.3) is 5.91 Å². The number of carbonyl (C=O) groups is 1. The molecule has 0 aromatic carbocycles. The zero-order valence-corrected chi connectivity index (χ0v) is 12.0. The summed E-state index contributed by atoms with van der Waals surface area (Å²) in [4.78, 5) is 14.2.